The first-order valence-electron chi connectivity index (χ1n) is 11.6. The van der Waals surface area contributed by atoms with Gasteiger partial charge in [0, 0.05) is 42.7 Å². The van der Waals surface area contributed by atoms with Gasteiger partial charge in [0.05, 0.1) is 0 Å². The van der Waals surface area contributed by atoms with E-state index in [0.29, 0.717) is 28.2 Å². The van der Waals surface area contributed by atoms with Crippen LogP contribution < -0.4 is 16.2 Å². The van der Waals surface area contributed by atoms with E-state index in [4.69, 9.17) is 10.7 Å². The fraction of sp³-hybridized carbons (Fsp3) is 0.308. The molecular weight excluding hydrogens is 426 g/mol. The highest BCUT2D eigenvalue weighted by Gasteiger charge is 2.46. The largest absolute Gasteiger partial charge is 0.342 e. The van der Waals surface area contributed by atoms with Crippen LogP contribution in [-0.2, 0) is 6.42 Å². The summed E-state index contributed by atoms with van der Waals surface area (Å²) >= 11 is 0. The van der Waals surface area contributed by atoms with Gasteiger partial charge in [-0.25, -0.2) is 0 Å². The first-order valence-corrected chi connectivity index (χ1v) is 11.6. The lowest BCUT2D eigenvalue weighted by molar-refractivity contribution is 0.187. The standard InChI is InChI=1S/C26H27N7O/c1-15-11-18(14-28-13-15)16(2)21-20-23(32-31-21)29-25(30-24(20)34)33-9-7-26(8-10-33)12-17-5-3-4-6-19(17)22(26)27/h3-6,11,13-14,22H,2,7-10,12,27H2,1H3,(H2,29,30,31,32,34)/t22-/m1/s1. The van der Waals surface area contributed by atoms with Crippen molar-refractivity contribution in [1.82, 2.24) is 25.1 Å². The Bertz CT molecular complexity index is 1480. The molecule has 0 amide bonds. The van der Waals surface area contributed by atoms with Gasteiger partial charge in [-0.15, -0.1) is 0 Å². The Hall–Kier alpha value is -3.78. The highest BCUT2D eigenvalue weighted by atomic mass is 16.1. The van der Waals surface area contributed by atoms with Crippen LogP contribution in [0, 0.1) is 12.3 Å². The Morgan fingerprint density at radius 1 is 1.24 bits per heavy atom. The van der Waals surface area contributed by atoms with E-state index in [1.807, 2.05) is 13.0 Å². The fourth-order valence-corrected chi connectivity index (χ4v) is 5.62. The molecule has 4 N–H and O–H groups in total. The maximum atomic E-state index is 13.1. The molecule has 1 saturated heterocycles. The lowest BCUT2D eigenvalue weighted by atomic mass is 9.73. The molecule has 8 heteroatoms. The number of aromatic nitrogens is 5. The number of benzene rings is 1. The summed E-state index contributed by atoms with van der Waals surface area (Å²) in [5, 5.41) is 7.72. The van der Waals surface area contributed by atoms with Crippen molar-refractivity contribution in [2.45, 2.75) is 32.2 Å². The van der Waals surface area contributed by atoms with Crippen LogP contribution in [0.25, 0.3) is 16.6 Å². The summed E-state index contributed by atoms with van der Waals surface area (Å²) in [6, 6.07) is 10.5. The zero-order valence-corrected chi connectivity index (χ0v) is 19.1. The number of hydrogen-bond acceptors (Lipinski definition) is 6. The van der Waals surface area contributed by atoms with E-state index >= 15 is 0 Å². The van der Waals surface area contributed by atoms with Crippen molar-refractivity contribution in [2.24, 2.45) is 11.1 Å². The Balaban J connectivity index is 1.26. The first-order chi connectivity index (χ1) is 16.4. The molecule has 1 aromatic carbocycles. The zero-order valence-electron chi connectivity index (χ0n) is 19.1. The molecule has 1 aliphatic heterocycles. The number of pyridine rings is 1. The molecule has 3 aromatic heterocycles. The van der Waals surface area contributed by atoms with Gasteiger partial charge in [-0.05, 0) is 54.4 Å². The third-order valence-corrected chi connectivity index (χ3v) is 7.58. The molecule has 1 fully saturated rings. The number of hydrogen-bond donors (Lipinski definition) is 3. The number of nitrogens with zero attached hydrogens (tertiary/aromatic N) is 4. The van der Waals surface area contributed by atoms with E-state index < -0.39 is 0 Å². The summed E-state index contributed by atoms with van der Waals surface area (Å²) in [5.41, 5.74) is 12.6. The second kappa shape index (κ2) is 7.63. The van der Waals surface area contributed by atoms with Gasteiger partial charge in [0.2, 0.25) is 5.95 Å². The van der Waals surface area contributed by atoms with Crippen LogP contribution in [0.15, 0.2) is 54.1 Å². The van der Waals surface area contributed by atoms with Gasteiger partial charge in [0.1, 0.15) is 11.1 Å². The average Bonchev–Trinajstić information content (AvgIpc) is 3.39. The number of nitrogens with one attached hydrogen (secondary N) is 2. The minimum absolute atomic E-state index is 0.0534. The van der Waals surface area contributed by atoms with Crippen molar-refractivity contribution in [1.29, 1.82) is 0 Å². The number of H-pyrrole nitrogens is 2. The van der Waals surface area contributed by atoms with E-state index in [-0.39, 0.29) is 17.0 Å². The minimum atomic E-state index is -0.226. The molecule has 34 heavy (non-hydrogen) atoms. The maximum Gasteiger partial charge on any atom is 0.264 e. The molecular formula is C26H27N7O. The van der Waals surface area contributed by atoms with Gasteiger partial charge in [-0.1, -0.05) is 30.8 Å². The van der Waals surface area contributed by atoms with Gasteiger partial charge in [0.25, 0.3) is 5.56 Å². The van der Waals surface area contributed by atoms with Crippen LogP contribution in [-0.4, -0.2) is 38.2 Å². The Morgan fingerprint density at radius 3 is 2.79 bits per heavy atom. The van der Waals surface area contributed by atoms with Gasteiger partial charge in [-0.3, -0.25) is 19.9 Å². The molecule has 8 nitrogen and oxygen atoms in total. The van der Waals surface area contributed by atoms with Crippen molar-refractivity contribution in [2.75, 3.05) is 18.0 Å². The Morgan fingerprint density at radius 2 is 2.03 bits per heavy atom. The van der Waals surface area contributed by atoms with E-state index in [0.717, 1.165) is 43.5 Å². The molecule has 0 bridgehead atoms. The molecule has 4 heterocycles. The number of anilines is 1. The smallest absolute Gasteiger partial charge is 0.264 e. The van der Waals surface area contributed by atoms with E-state index in [9.17, 15) is 4.79 Å². The van der Waals surface area contributed by atoms with Crippen LogP contribution in [0.5, 0.6) is 0 Å². The van der Waals surface area contributed by atoms with E-state index in [1.165, 1.54) is 11.1 Å². The van der Waals surface area contributed by atoms with Crippen molar-refractivity contribution >= 4 is 22.6 Å². The summed E-state index contributed by atoms with van der Waals surface area (Å²) in [4.78, 5) is 27.2. The third-order valence-electron chi connectivity index (χ3n) is 7.58. The minimum Gasteiger partial charge on any atom is -0.342 e. The van der Waals surface area contributed by atoms with Crippen LogP contribution in [0.1, 0.15) is 46.8 Å². The summed E-state index contributed by atoms with van der Waals surface area (Å²) in [6.07, 6.45) is 6.42. The molecule has 1 spiro atoms. The van der Waals surface area contributed by atoms with Crippen molar-refractivity contribution in [3.63, 3.8) is 0 Å². The second-order valence-corrected chi connectivity index (χ2v) is 9.62. The molecule has 6 rings (SSSR count). The Labute approximate surface area is 196 Å². The van der Waals surface area contributed by atoms with Gasteiger partial charge < -0.3 is 10.6 Å². The average molecular weight is 454 g/mol. The summed E-state index contributed by atoms with van der Waals surface area (Å²) in [6.45, 7) is 7.70. The second-order valence-electron chi connectivity index (χ2n) is 9.62. The Kier molecular flexibility index (Phi) is 4.67. The molecule has 1 aliphatic carbocycles. The molecule has 0 radical (unpaired) electrons. The monoisotopic (exact) mass is 453 g/mol. The zero-order chi connectivity index (χ0) is 23.4. The first kappa shape index (κ1) is 20.8. The quantitative estimate of drug-likeness (QED) is 0.438. The number of rotatable bonds is 3. The lowest BCUT2D eigenvalue weighted by Crippen LogP contribution is -2.45. The van der Waals surface area contributed by atoms with Crippen molar-refractivity contribution < 1.29 is 0 Å². The number of piperidine rings is 1. The number of nitrogens with two attached hydrogens (primary N) is 1. The van der Waals surface area contributed by atoms with Gasteiger partial charge >= 0.3 is 0 Å². The summed E-state index contributed by atoms with van der Waals surface area (Å²) < 4.78 is 0. The molecule has 172 valence electrons. The SMILES string of the molecule is C=C(c1cncc(C)c1)c1n[nH]c2nc(N3CCC4(CC3)Cc3ccccc3[C@H]4N)[nH]c(=O)c12. The number of aromatic amines is 2. The van der Waals surface area contributed by atoms with Crippen LogP contribution in [0.2, 0.25) is 0 Å². The topological polar surface area (TPSA) is 117 Å². The van der Waals surface area contributed by atoms with E-state index in [2.05, 4.69) is 55.9 Å². The fourth-order valence-electron chi connectivity index (χ4n) is 5.62. The highest BCUT2D eigenvalue weighted by Crippen LogP contribution is 2.50. The van der Waals surface area contributed by atoms with Gasteiger partial charge in [0.15, 0.2) is 5.65 Å². The molecule has 1 atom stereocenters. The van der Waals surface area contributed by atoms with Crippen LogP contribution in [0.3, 0.4) is 0 Å². The normalized spacial score (nSPS) is 19.0. The third kappa shape index (κ3) is 3.17. The number of fused-ring (bicyclic) bond motifs is 2. The molecule has 0 unspecified atom stereocenters. The van der Waals surface area contributed by atoms with Crippen molar-refractivity contribution in [3.8, 4) is 0 Å². The number of aryl methyl sites for hydroxylation is 1. The molecule has 2 aliphatic rings. The van der Waals surface area contributed by atoms with Crippen LogP contribution >= 0.6 is 0 Å². The van der Waals surface area contributed by atoms with E-state index in [1.54, 1.807) is 12.4 Å². The van der Waals surface area contributed by atoms with Gasteiger partial charge in [-0.2, -0.15) is 10.1 Å². The van der Waals surface area contributed by atoms with Crippen molar-refractivity contribution in [3.05, 3.63) is 87.6 Å². The summed E-state index contributed by atoms with van der Waals surface area (Å²) in [7, 11) is 0. The highest BCUT2D eigenvalue weighted by molar-refractivity contribution is 5.92. The molecule has 0 saturated carbocycles. The predicted molar refractivity (Wildman–Crippen MR) is 133 cm³/mol. The van der Waals surface area contributed by atoms with Crippen LogP contribution in [0.4, 0.5) is 5.95 Å². The molecule has 4 aromatic rings. The predicted octanol–water partition coefficient (Wildman–Crippen LogP) is 3.25. The summed E-state index contributed by atoms with van der Waals surface area (Å²) in [5.74, 6) is 0.564. The lowest BCUT2D eigenvalue weighted by Gasteiger charge is -2.42. The maximum absolute atomic E-state index is 13.1.